The molecule has 0 aliphatic heterocycles. The molecule has 2 aliphatic rings. The molecular formula is C8H13F2NO2S. The second-order valence-corrected chi connectivity index (χ2v) is 5.91. The summed E-state index contributed by atoms with van der Waals surface area (Å²) >= 11 is 0. The van der Waals surface area contributed by atoms with Crippen LogP contribution in [-0.4, -0.2) is 20.2 Å². The van der Waals surface area contributed by atoms with Crippen molar-refractivity contribution in [2.24, 2.45) is 5.41 Å². The molecule has 1 spiro atoms. The summed E-state index contributed by atoms with van der Waals surface area (Å²) in [4.78, 5) is 0. The molecule has 0 aromatic carbocycles. The van der Waals surface area contributed by atoms with Crippen LogP contribution in [0.2, 0.25) is 0 Å². The smallest absolute Gasteiger partial charge is 0.207 e. The van der Waals surface area contributed by atoms with Gasteiger partial charge < -0.3 is 0 Å². The number of halogens is 2. The molecule has 2 aliphatic carbocycles. The van der Waals surface area contributed by atoms with E-state index >= 15 is 0 Å². The minimum absolute atomic E-state index is 0.0297. The highest BCUT2D eigenvalue weighted by Crippen LogP contribution is 2.57. The molecule has 0 heterocycles. The molecule has 14 heavy (non-hydrogen) atoms. The fourth-order valence-electron chi connectivity index (χ4n) is 2.33. The van der Waals surface area contributed by atoms with E-state index < -0.39 is 15.8 Å². The SMILES string of the molecule is O=S(=O)(N[C@H]1CCCC12CC2)C(F)F. The van der Waals surface area contributed by atoms with Crippen LogP contribution >= 0.6 is 0 Å². The van der Waals surface area contributed by atoms with Gasteiger partial charge >= 0.3 is 5.76 Å². The van der Waals surface area contributed by atoms with Crippen molar-refractivity contribution in [1.82, 2.24) is 4.72 Å². The fourth-order valence-corrected chi connectivity index (χ4v) is 3.20. The van der Waals surface area contributed by atoms with Crippen molar-refractivity contribution in [3.63, 3.8) is 0 Å². The summed E-state index contributed by atoms with van der Waals surface area (Å²) in [5.41, 5.74) is 0.0297. The van der Waals surface area contributed by atoms with Crippen LogP contribution in [-0.2, 0) is 10.0 Å². The van der Waals surface area contributed by atoms with E-state index in [4.69, 9.17) is 0 Å². The van der Waals surface area contributed by atoms with Crippen molar-refractivity contribution < 1.29 is 17.2 Å². The van der Waals surface area contributed by atoms with Gasteiger partial charge in [0.15, 0.2) is 0 Å². The second kappa shape index (κ2) is 3.13. The molecule has 82 valence electrons. The first kappa shape index (κ1) is 10.3. The molecule has 2 fully saturated rings. The highest BCUT2D eigenvalue weighted by molar-refractivity contribution is 7.89. The third-order valence-corrected chi connectivity index (χ3v) is 4.42. The number of rotatable bonds is 3. The molecule has 6 heteroatoms. The average Bonchev–Trinajstić information content (AvgIpc) is 2.73. The molecule has 2 rings (SSSR count). The number of hydrogen-bond acceptors (Lipinski definition) is 2. The van der Waals surface area contributed by atoms with Gasteiger partial charge in [0.05, 0.1) is 0 Å². The summed E-state index contributed by atoms with van der Waals surface area (Å²) < 4.78 is 48.2. The average molecular weight is 225 g/mol. The Morgan fingerprint density at radius 2 is 1.93 bits per heavy atom. The summed E-state index contributed by atoms with van der Waals surface area (Å²) in [5, 5.41) is 0. The van der Waals surface area contributed by atoms with Gasteiger partial charge in [-0.3, -0.25) is 0 Å². The third-order valence-electron chi connectivity index (χ3n) is 3.34. The van der Waals surface area contributed by atoms with E-state index in [0.717, 1.165) is 25.7 Å². The van der Waals surface area contributed by atoms with Gasteiger partial charge in [-0.2, -0.15) is 8.78 Å². The van der Waals surface area contributed by atoms with Crippen molar-refractivity contribution in [3.8, 4) is 0 Å². The maximum Gasteiger partial charge on any atom is 0.350 e. The summed E-state index contributed by atoms with van der Waals surface area (Å²) in [7, 11) is -4.40. The number of alkyl halides is 2. The Morgan fingerprint density at radius 1 is 1.29 bits per heavy atom. The van der Waals surface area contributed by atoms with E-state index in [-0.39, 0.29) is 11.5 Å². The monoisotopic (exact) mass is 225 g/mol. The zero-order valence-corrected chi connectivity index (χ0v) is 8.49. The fraction of sp³-hybridized carbons (Fsp3) is 1.00. The largest absolute Gasteiger partial charge is 0.350 e. The van der Waals surface area contributed by atoms with Crippen LogP contribution in [0.25, 0.3) is 0 Å². The van der Waals surface area contributed by atoms with Gasteiger partial charge in [-0.25, -0.2) is 13.1 Å². The van der Waals surface area contributed by atoms with Gasteiger partial charge in [0.1, 0.15) is 0 Å². The van der Waals surface area contributed by atoms with Crippen LogP contribution in [0.3, 0.4) is 0 Å². The third kappa shape index (κ3) is 1.65. The zero-order chi connectivity index (χ0) is 10.4. The van der Waals surface area contributed by atoms with Gasteiger partial charge in [0.2, 0.25) is 0 Å². The van der Waals surface area contributed by atoms with E-state index in [2.05, 4.69) is 4.72 Å². The molecule has 0 radical (unpaired) electrons. The lowest BCUT2D eigenvalue weighted by Crippen LogP contribution is -2.41. The van der Waals surface area contributed by atoms with E-state index in [9.17, 15) is 17.2 Å². The lowest BCUT2D eigenvalue weighted by atomic mass is 10.0. The standard InChI is InChI=1S/C8H13F2NO2S/c9-7(10)14(12,13)11-6-2-1-3-8(6)4-5-8/h6-7,11H,1-5H2/t6-/m0/s1. The van der Waals surface area contributed by atoms with Gasteiger partial charge in [-0.05, 0) is 31.1 Å². The maximum atomic E-state index is 12.1. The first-order chi connectivity index (χ1) is 6.46. The van der Waals surface area contributed by atoms with E-state index in [1.165, 1.54) is 0 Å². The Kier molecular flexibility index (Phi) is 2.30. The summed E-state index contributed by atoms with van der Waals surface area (Å²) in [6, 6.07) is -0.249. The quantitative estimate of drug-likeness (QED) is 0.790. The van der Waals surface area contributed by atoms with E-state index in [0.29, 0.717) is 6.42 Å². The van der Waals surface area contributed by atoms with Crippen LogP contribution in [0.4, 0.5) is 8.78 Å². The number of nitrogens with one attached hydrogen (secondary N) is 1. The van der Waals surface area contributed by atoms with Gasteiger partial charge in [-0.1, -0.05) is 6.42 Å². The molecule has 0 aromatic heterocycles. The summed E-state index contributed by atoms with van der Waals surface area (Å²) in [6.07, 6.45) is 4.57. The van der Waals surface area contributed by atoms with Crippen molar-refractivity contribution in [2.75, 3.05) is 0 Å². The molecule has 0 saturated heterocycles. The maximum absolute atomic E-state index is 12.1. The first-order valence-electron chi connectivity index (χ1n) is 4.76. The van der Waals surface area contributed by atoms with Gasteiger partial charge in [0.25, 0.3) is 10.0 Å². The lowest BCUT2D eigenvalue weighted by Gasteiger charge is -2.19. The van der Waals surface area contributed by atoms with Crippen LogP contribution in [0.15, 0.2) is 0 Å². The Balaban J connectivity index is 2.04. The number of sulfonamides is 1. The van der Waals surface area contributed by atoms with Gasteiger partial charge in [0, 0.05) is 6.04 Å². The molecule has 2 saturated carbocycles. The number of hydrogen-bond donors (Lipinski definition) is 1. The Labute approximate surface area is 81.9 Å². The second-order valence-electron chi connectivity index (χ2n) is 4.23. The van der Waals surface area contributed by atoms with Crippen LogP contribution in [0.1, 0.15) is 32.1 Å². The Morgan fingerprint density at radius 3 is 2.43 bits per heavy atom. The predicted molar refractivity (Wildman–Crippen MR) is 47.4 cm³/mol. The van der Waals surface area contributed by atoms with Crippen molar-refractivity contribution >= 4 is 10.0 Å². The molecule has 0 bridgehead atoms. The predicted octanol–water partition coefficient (Wildman–Crippen LogP) is 1.46. The topological polar surface area (TPSA) is 46.2 Å². The van der Waals surface area contributed by atoms with E-state index in [1.54, 1.807) is 0 Å². The Hall–Kier alpha value is -0.230. The van der Waals surface area contributed by atoms with Crippen LogP contribution in [0.5, 0.6) is 0 Å². The van der Waals surface area contributed by atoms with Crippen molar-refractivity contribution in [1.29, 1.82) is 0 Å². The van der Waals surface area contributed by atoms with Crippen molar-refractivity contribution in [3.05, 3.63) is 0 Å². The minimum atomic E-state index is -4.40. The molecule has 3 nitrogen and oxygen atoms in total. The van der Waals surface area contributed by atoms with Crippen LogP contribution < -0.4 is 4.72 Å². The molecule has 0 aromatic rings. The van der Waals surface area contributed by atoms with E-state index in [1.807, 2.05) is 0 Å². The normalized spacial score (nSPS) is 30.1. The minimum Gasteiger partial charge on any atom is -0.207 e. The Bertz CT molecular complexity index is 324. The highest BCUT2D eigenvalue weighted by atomic mass is 32.2. The van der Waals surface area contributed by atoms with Crippen LogP contribution in [0, 0.1) is 5.41 Å². The van der Waals surface area contributed by atoms with Crippen molar-refractivity contribution in [2.45, 2.75) is 43.9 Å². The molecule has 0 unspecified atom stereocenters. The first-order valence-corrected chi connectivity index (χ1v) is 6.30. The molecule has 1 atom stereocenters. The lowest BCUT2D eigenvalue weighted by molar-refractivity contribution is 0.230. The zero-order valence-electron chi connectivity index (χ0n) is 7.67. The molecule has 1 N–H and O–H groups in total. The molecular weight excluding hydrogens is 212 g/mol. The summed E-state index contributed by atoms with van der Waals surface area (Å²) in [6.45, 7) is 0. The highest BCUT2D eigenvalue weighted by Gasteiger charge is 2.53. The van der Waals surface area contributed by atoms with Gasteiger partial charge in [-0.15, -0.1) is 0 Å². The molecule has 0 amide bonds. The summed E-state index contributed by atoms with van der Waals surface area (Å²) in [5.74, 6) is -3.31.